The summed E-state index contributed by atoms with van der Waals surface area (Å²) in [6.45, 7) is 7.37. The number of aryl methyl sites for hydroxylation is 2. The molecule has 3 heterocycles. The highest BCUT2D eigenvalue weighted by Gasteiger charge is 2.37. The zero-order chi connectivity index (χ0) is 20.5. The molecular formula is C22H26FN3O3. The van der Waals surface area contributed by atoms with Crippen molar-refractivity contribution < 1.29 is 18.4 Å². The smallest absolute Gasteiger partial charge is 0.257 e. The average Bonchev–Trinajstić information content (AvgIpc) is 2.90. The van der Waals surface area contributed by atoms with Gasteiger partial charge in [-0.15, -0.1) is 0 Å². The molecule has 1 atom stereocenters. The predicted octanol–water partition coefficient (Wildman–Crippen LogP) is 2.59. The summed E-state index contributed by atoms with van der Waals surface area (Å²) in [6, 6.07) is 7.85. The molecule has 2 amide bonds. The molecule has 4 rings (SSSR count). The fraction of sp³-hybridized carbons (Fsp3) is 0.455. The van der Waals surface area contributed by atoms with Crippen molar-refractivity contribution in [3.8, 4) is 0 Å². The van der Waals surface area contributed by atoms with Crippen molar-refractivity contribution >= 4 is 11.8 Å². The first-order chi connectivity index (χ1) is 13.9. The van der Waals surface area contributed by atoms with Crippen LogP contribution in [0.5, 0.6) is 0 Å². The Kier molecular flexibility index (Phi) is 5.41. The maximum Gasteiger partial charge on any atom is 0.257 e. The van der Waals surface area contributed by atoms with Gasteiger partial charge in [-0.3, -0.25) is 14.5 Å². The van der Waals surface area contributed by atoms with E-state index in [9.17, 15) is 14.0 Å². The van der Waals surface area contributed by atoms with Crippen LogP contribution in [0.25, 0.3) is 0 Å². The molecule has 0 N–H and O–H groups in total. The van der Waals surface area contributed by atoms with Crippen LogP contribution in [0.4, 0.5) is 4.39 Å². The van der Waals surface area contributed by atoms with Gasteiger partial charge >= 0.3 is 0 Å². The summed E-state index contributed by atoms with van der Waals surface area (Å²) in [7, 11) is 0. The molecule has 0 radical (unpaired) electrons. The molecule has 6 nitrogen and oxygen atoms in total. The van der Waals surface area contributed by atoms with E-state index < -0.39 is 0 Å². The molecule has 2 aliphatic rings. The Balaban J connectivity index is 1.43. The number of hydrogen-bond acceptors (Lipinski definition) is 4. The molecular weight excluding hydrogens is 373 g/mol. The van der Waals surface area contributed by atoms with E-state index in [4.69, 9.17) is 4.42 Å². The van der Waals surface area contributed by atoms with Gasteiger partial charge in [-0.25, -0.2) is 4.39 Å². The summed E-state index contributed by atoms with van der Waals surface area (Å²) in [4.78, 5) is 31.9. The summed E-state index contributed by atoms with van der Waals surface area (Å²) in [5.41, 5.74) is 1.52. The van der Waals surface area contributed by atoms with Crippen molar-refractivity contribution in [1.82, 2.24) is 14.7 Å². The van der Waals surface area contributed by atoms with Crippen molar-refractivity contribution in [1.29, 1.82) is 0 Å². The first kappa shape index (κ1) is 19.6. The second kappa shape index (κ2) is 7.99. The molecule has 2 aromatic rings. The van der Waals surface area contributed by atoms with E-state index in [0.717, 1.165) is 17.9 Å². The zero-order valence-corrected chi connectivity index (χ0v) is 16.9. The normalized spacial score (nSPS) is 20.5. The minimum atomic E-state index is -0.276. The number of fused-ring (bicyclic) bond motifs is 1. The summed E-state index contributed by atoms with van der Waals surface area (Å²) < 4.78 is 18.6. The summed E-state index contributed by atoms with van der Waals surface area (Å²) in [5.74, 6) is 1.14. The number of amides is 2. The van der Waals surface area contributed by atoms with Crippen LogP contribution < -0.4 is 0 Å². The van der Waals surface area contributed by atoms with Gasteiger partial charge < -0.3 is 14.2 Å². The number of hydrogen-bond donors (Lipinski definition) is 0. The Morgan fingerprint density at radius 3 is 2.52 bits per heavy atom. The third-order valence-corrected chi connectivity index (χ3v) is 5.87. The van der Waals surface area contributed by atoms with Gasteiger partial charge in [-0.05, 0) is 44.0 Å². The minimum absolute atomic E-state index is 0.0326. The van der Waals surface area contributed by atoms with Crippen molar-refractivity contribution in [2.45, 2.75) is 32.9 Å². The number of rotatable bonds is 3. The second-order valence-corrected chi connectivity index (χ2v) is 7.85. The van der Waals surface area contributed by atoms with Gasteiger partial charge in [0.05, 0.1) is 11.6 Å². The van der Waals surface area contributed by atoms with Gasteiger partial charge in [-0.2, -0.15) is 0 Å². The molecule has 1 unspecified atom stereocenters. The fourth-order valence-electron chi connectivity index (χ4n) is 4.28. The molecule has 0 aliphatic carbocycles. The van der Waals surface area contributed by atoms with Crippen LogP contribution in [0.2, 0.25) is 0 Å². The topological polar surface area (TPSA) is 57.0 Å². The van der Waals surface area contributed by atoms with Crippen LogP contribution >= 0.6 is 0 Å². The molecule has 2 fully saturated rings. The van der Waals surface area contributed by atoms with Gasteiger partial charge in [0.25, 0.3) is 5.91 Å². The standard InChI is InChI=1S/C22H26FN3O3/c1-15-13-19(16(2)29-15)21(27)25-8-7-20-22(28)26(12-10-24(20)9-11-25)14-17-3-5-18(23)6-4-17/h3-6,13,20H,7-12,14H2,1-2H3. The molecule has 0 saturated carbocycles. The third kappa shape index (κ3) is 4.05. The highest BCUT2D eigenvalue weighted by molar-refractivity contribution is 5.95. The van der Waals surface area contributed by atoms with Crippen molar-refractivity contribution in [2.75, 3.05) is 32.7 Å². The molecule has 2 saturated heterocycles. The van der Waals surface area contributed by atoms with Crippen molar-refractivity contribution in [3.05, 3.63) is 58.8 Å². The van der Waals surface area contributed by atoms with Crippen LogP contribution in [-0.4, -0.2) is 65.3 Å². The van der Waals surface area contributed by atoms with E-state index >= 15 is 0 Å². The summed E-state index contributed by atoms with van der Waals surface area (Å²) >= 11 is 0. The lowest BCUT2D eigenvalue weighted by Crippen LogP contribution is -2.56. The van der Waals surface area contributed by atoms with Crippen LogP contribution in [0.15, 0.2) is 34.7 Å². The number of furan rings is 1. The van der Waals surface area contributed by atoms with Gasteiger partial charge in [0.1, 0.15) is 17.3 Å². The average molecular weight is 399 g/mol. The van der Waals surface area contributed by atoms with Crippen LogP contribution in [0.1, 0.15) is 33.9 Å². The number of carbonyl (C=O) groups excluding carboxylic acids is 2. The molecule has 2 aliphatic heterocycles. The maximum atomic E-state index is 13.1. The van der Waals surface area contributed by atoms with Crippen LogP contribution in [0.3, 0.4) is 0 Å². The van der Waals surface area contributed by atoms with Crippen molar-refractivity contribution in [3.63, 3.8) is 0 Å². The van der Waals surface area contributed by atoms with E-state index in [1.54, 1.807) is 25.1 Å². The summed E-state index contributed by atoms with van der Waals surface area (Å²) in [5, 5.41) is 0. The first-order valence-electron chi connectivity index (χ1n) is 10.1. The van der Waals surface area contributed by atoms with E-state index in [-0.39, 0.29) is 23.7 Å². The van der Waals surface area contributed by atoms with Crippen LogP contribution in [-0.2, 0) is 11.3 Å². The van der Waals surface area contributed by atoms with Crippen molar-refractivity contribution in [2.24, 2.45) is 0 Å². The largest absolute Gasteiger partial charge is 0.466 e. The Morgan fingerprint density at radius 1 is 1.10 bits per heavy atom. The van der Waals surface area contributed by atoms with E-state index in [2.05, 4.69) is 4.90 Å². The SMILES string of the molecule is Cc1cc(C(=O)N2CCC3C(=O)N(Cc4ccc(F)cc4)CCN3CC2)c(C)o1. The summed E-state index contributed by atoms with van der Waals surface area (Å²) in [6.07, 6.45) is 0.611. The van der Waals surface area contributed by atoms with Crippen LogP contribution in [0, 0.1) is 19.7 Å². The lowest BCUT2D eigenvalue weighted by atomic mass is 10.1. The molecule has 29 heavy (non-hydrogen) atoms. The zero-order valence-electron chi connectivity index (χ0n) is 16.9. The lowest BCUT2D eigenvalue weighted by molar-refractivity contribution is -0.142. The Labute approximate surface area is 169 Å². The van der Waals surface area contributed by atoms with E-state index in [1.807, 2.05) is 16.7 Å². The second-order valence-electron chi connectivity index (χ2n) is 7.85. The van der Waals surface area contributed by atoms with Gasteiger partial charge in [0, 0.05) is 39.3 Å². The minimum Gasteiger partial charge on any atom is -0.466 e. The number of nitrogens with zero attached hydrogens (tertiary/aromatic N) is 3. The van der Waals surface area contributed by atoms with Gasteiger partial charge in [0.2, 0.25) is 5.91 Å². The molecule has 154 valence electrons. The number of benzene rings is 1. The van der Waals surface area contributed by atoms with Gasteiger partial charge in [0.15, 0.2) is 0 Å². The first-order valence-corrected chi connectivity index (χ1v) is 10.1. The Hall–Kier alpha value is -2.67. The molecule has 0 bridgehead atoms. The highest BCUT2D eigenvalue weighted by Crippen LogP contribution is 2.22. The Morgan fingerprint density at radius 2 is 1.83 bits per heavy atom. The predicted molar refractivity (Wildman–Crippen MR) is 106 cm³/mol. The maximum absolute atomic E-state index is 13.1. The third-order valence-electron chi connectivity index (χ3n) is 5.87. The molecule has 7 heteroatoms. The Bertz CT molecular complexity index is 909. The monoisotopic (exact) mass is 399 g/mol. The number of halogens is 1. The number of piperazine rings is 1. The number of carbonyl (C=O) groups is 2. The highest BCUT2D eigenvalue weighted by atomic mass is 19.1. The molecule has 1 aromatic heterocycles. The fourth-order valence-corrected chi connectivity index (χ4v) is 4.28. The van der Waals surface area contributed by atoms with Gasteiger partial charge in [-0.1, -0.05) is 12.1 Å². The quantitative estimate of drug-likeness (QED) is 0.796. The molecule has 1 aromatic carbocycles. The molecule has 0 spiro atoms. The van der Waals surface area contributed by atoms with E-state index in [1.165, 1.54) is 12.1 Å². The lowest BCUT2D eigenvalue weighted by Gasteiger charge is -2.39. The van der Waals surface area contributed by atoms with E-state index in [0.29, 0.717) is 50.5 Å².